The summed E-state index contributed by atoms with van der Waals surface area (Å²) in [5.41, 5.74) is 1.60. The van der Waals surface area contributed by atoms with E-state index in [4.69, 9.17) is 4.42 Å². The summed E-state index contributed by atoms with van der Waals surface area (Å²) in [5, 5.41) is 3.61. The fourth-order valence-corrected chi connectivity index (χ4v) is 1.81. The summed E-state index contributed by atoms with van der Waals surface area (Å²) < 4.78 is 5.58. The van der Waals surface area contributed by atoms with E-state index < -0.39 is 0 Å². The van der Waals surface area contributed by atoms with E-state index in [0.717, 1.165) is 18.1 Å². The lowest BCUT2D eigenvalue weighted by Crippen LogP contribution is -2.34. The Bertz CT molecular complexity index is 363. The molecule has 0 aliphatic carbocycles. The fourth-order valence-electron chi connectivity index (χ4n) is 1.81. The van der Waals surface area contributed by atoms with Crippen molar-refractivity contribution < 1.29 is 4.42 Å². The number of nitrogens with one attached hydrogen (secondary N) is 1. The molecule has 0 aliphatic heterocycles. The van der Waals surface area contributed by atoms with Gasteiger partial charge in [0.05, 0.1) is 0 Å². The largest absolute Gasteiger partial charge is 0.466 e. The highest BCUT2D eigenvalue weighted by Gasteiger charge is 2.23. The van der Waals surface area contributed by atoms with Gasteiger partial charge < -0.3 is 9.73 Å². The SMILES string of the molecule is Cc1cc(C(C)NCC(C)(C)C(C)C)c(C)o1. The molecule has 1 aromatic heterocycles. The van der Waals surface area contributed by atoms with Gasteiger partial charge in [-0.1, -0.05) is 27.7 Å². The average molecular weight is 237 g/mol. The Kier molecular flexibility index (Phi) is 4.42. The molecule has 1 heterocycles. The van der Waals surface area contributed by atoms with Crippen LogP contribution in [0.1, 0.15) is 57.7 Å². The van der Waals surface area contributed by atoms with Crippen molar-refractivity contribution in [3.63, 3.8) is 0 Å². The van der Waals surface area contributed by atoms with Crippen molar-refractivity contribution in [2.75, 3.05) is 6.54 Å². The van der Waals surface area contributed by atoms with E-state index in [1.165, 1.54) is 5.56 Å². The van der Waals surface area contributed by atoms with Crippen LogP contribution in [0.25, 0.3) is 0 Å². The molecule has 1 N–H and O–H groups in total. The van der Waals surface area contributed by atoms with Crippen LogP contribution in [0.2, 0.25) is 0 Å². The van der Waals surface area contributed by atoms with E-state index in [-0.39, 0.29) is 0 Å². The lowest BCUT2D eigenvalue weighted by atomic mass is 9.81. The third kappa shape index (κ3) is 3.60. The molecule has 2 heteroatoms. The highest BCUT2D eigenvalue weighted by Crippen LogP contribution is 2.27. The van der Waals surface area contributed by atoms with Crippen molar-refractivity contribution in [2.45, 2.75) is 54.5 Å². The molecular formula is C15H27NO. The minimum Gasteiger partial charge on any atom is -0.466 e. The maximum absolute atomic E-state index is 5.58. The molecule has 0 saturated carbocycles. The summed E-state index contributed by atoms with van der Waals surface area (Å²) >= 11 is 0. The van der Waals surface area contributed by atoms with E-state index in [2.05, 4.69) is 46.0 Å². The molecule has 0 fully saturated rings. The van der Waals surface area contributed by atoms with Crippen LogP contribution in [-0.2, 0) is 0 Å². The van der Waals surface area contributed by atoms with Gasteiger partial charge in [0.25, 0.3) is 0 Å². The second-order valence-corrected chi connectivity index (χ2v) is 6.11. The molecule has 2 nitrogen and oxygen atoms in total. The quantitative estimate of drug-likeness (QED) is 0.829. The van der Waals surface area contributed by atoms with Crippen molar-refractivity contribution in [3.05, 3.63) is 23.2 Å². The molecule has 1 aromatic rings. The molecule has 0 radical (unpaired) electrons. The second-order valence-electron chi connectivity index (χ2n) is 6.11. The zero-order valence-electron chi connectivity index (χ0n) is 12.3. The molecular weight excluding hydrogens is 210 g/mol. The van der Waals surface area contributed by atoms with Gasteiger partial charge in [0, 0.05) is 18.2 Å². The van der Waals surface area contributed by atoms with Crippen LogP contribution in [0.5, 0.6) is 0 Å². The van der Waals surface area contributed by atoms with Gasteiger partial charge in [0.15, 0.2) is 0 Å². The molecule has 0 spiro atoms. The maximum Gasteiger partial charge on any atom is 0.105 e. The molecule has 0 aliphatic rings. The summed E-state index contributed by atoms with van der Waals surface area (Å²) in [5.74, 6) is 2.70. The zero-order chi connectivity index (χ0) is 13.2. The summed E-state index contributed by atoms with van der Waals surface area (Å²) in [6.07, 6.45) is 0. The Labute approximate surface area is 106 Å². The molecule has 0 bridgehead atoms. The Balaban J connectivity index is 2.62. The highest BCUT2D eigenvalue weighted by atomic mass is 16.3. The molecule has 17 heavy (non-hydrogen) atoms. The number of rotatable bonds is 5. The molecule has 1 rings (SSSR count). The lowest BCUT2D eigenvalue weighted by molar-refractivity contribution is 0.230. The minimum absolute atomic E-state index is 0.320. The van der Waals surface area contributed by atoms with Crippen LogP contribution in [-0.4, -0.2) is 6.54 Å². The number of hydrogen-bond acceptors (Lipinski definition) is 2. The lowest BCUT2D eigenvalue weighted by Gasteiger charge is -2.31. The van der Waals surface area contributed by atoms with Crippen LogP contribution < -0.4 is 5.32 Å². The van der Waals surface area contributed by atoms with E-state index in [1.54, 1.807) is 0 Å². The topological polar surface area (TPSA) is 25.2 Å². The van der Waals surface area contributed by atoms with Crippen LogP contribution >= 0.6 is 0 Å². The third-order valence-electron chi connectivity index (χ3n) is 3.97. The average Bonchev–Trinajstić information content (AvgIpc) is 2.54. The third-order valence-corrected chi connectivity index (χ3v) is 3.97. The Morgan fingerprint density at radius 3 is 2.24 bits per heavy atom. The number of furan rings is 1. The minimum atomic E-state index is 0.320. The van der Waals surface area contributed by atoms with E-state index in [0.29, 0.717) is 17.4 Å². The smallest absolute Gasteiger partial charge is 0.105 e. The van der Waals surface area contributed by atoms with E-state index >= 15 is 0 Å². The first-order valence-electron chi connectivity index (χ1n) is 6.54. The molecule has 1 atom stereocenters. The first kappa shape index (κ1) is 14.3. The summed E-state index contributed by atoms with van der Waals surface area (Å²) in [6, 6.07) is 2.49. The second kappa shape index (κ2) is 5.26. The van der Waals surface area contributed by atoms with Gasteiger partial charge in [0.2, 0.25) is 0 Å². The number of hydrogen-bond donors (Lipinski definition) is 1. The highest BCUT2D eigenvalue weighted by molar-refractivity contribution is 5.23. The van der Waals surface area contributed by atoms with Gasteiger partial charge in [-0.05, 0) is 38.2 Å². The summed E-state index contributed by atoms with van der Waals surface area (Å²) in [6.45, 7) is 16.4. The van der Waals surface area contributed by atoms with Gasteiger partial charge in [-0.25, -0.2) is 0 Å². The Morgan fingerprint density at radius 1 is 1.24 bits per heavy atom. The first-order valence-corrected chi connectivity index (χ1v) is 6.54. The van der Waals surface area contributed by atoms with Gasteiger partial charge in [-0.3, -0.25) is 0 Å². The zero-order valence-corrected chi connectivity index (χ0v) is 12.3. The van der Waals surface area contributed by atoms with E-state index in [1.807, 2.05) is 13.8 Å². The predicted molar refractivity (Wildman–Crippen MR) is 73.2 cm³/mol. The van der Waals surface area contributed by atoms with Gasteiger partial charge in [-0.15, -0.1) is 0 Å². The van der Waals surface area contributed by atoms with Crippen LogP contribution in [0.4, 0.5) is 0 Å². The van der Waals surface area contributed by atoms with Crippen molar-refractivity contribution in [1.29, 1.82) is 0 Å². The maximum atomic E-state index is 5.58. The van der Waals surface area contributed by atoms with Crippen molar-refractivity contribution in [1.82, 2.24) is 5.32 Å². The molecule has 0 aromatic carbocycles. The van der Waals surface area contributed by atoms with Crippen molar-refractivity contribution in [2.24, 2.45) is 11.3 Å². The van der Waals surface area contributed by atoms with Gasteiger partial charge in [0.1, 0.15) is 11.5 Å². The Hall–Kier alpha value is -0.760. The van der Waals surface area contributed by atoms with Crippen molar-refractivity contribution in [3.8, 4) is 0 Å². The standard InChI is InChI=1S/C15H27NO/c1-10(2)15(6,7)9-16-12(4)14-8-11(3)17-13(14)5/h8,10,12,16H,9H2,1-7H3. The first-order chi connectivity index (χ1) is 7.74. The predicted octanol–water partition coefficient (Wildman–Crippen LogP) is 4.23. The van der Waals surface area contributed by atoms with Crippen LogP contribution in [0.3, 0.4) is 0 Å². The molecule has 0 saturated heterocycles. The normalized spacial score (nSPS) is 14.4. The summed E-state index contributed by atoms with van der Waals surface area (Å²) in [7, 11) is 0. The monoisotopic (exact) mass is 237 g/mol. The fraction of sp³-hybridized carbons (Fsp3) is 0.733. The van der Waals surface area contributed by atoms with E-state index in [9.17, 15) is 0 Å². The number of aryl methyl sites for hydroxylation is 2. The Morgan fingerprint density at radius 2 is 1.82 bits per heavy atom. The molecule has 1 unspecified atom stereocenters. The van der Waals surface area contributed by atoms with Crippen molar-refractivity contribution >= 4 is 0 Å². The van der Waals surface area contributed by atoms with Gasteiger partial charge in [-0.2, -0.15) is 0 Å². The molecule has 98 valence electrons. The molecule has 0 amide bonds. The van der Waals surface area contributed by atoms with Gasteiger partial charge >= 0.3 is 0 Å². The van der Waals surface area contributed by atoms with Crippen LogP contribution in [0.15, 0.2) is 10.5 Å². The summed E-state index contributed by atoms with van der Waals surface area (Å²) in [4.78, 5) is 0. The van der Waals surface area contributed by atoms with Crippen LogP contribution in [0, 0.1) is 25.2 Å².